The van der Waals surface area contributed by atoms with E-state index in [0.717, 1.165) is 0 Å². The first-order chi connectivity index (χ1) is 17.1. The lowest BCUT2D eigenvalue weighted by Gasteiger charge is -2.26. The second-order valence-electron chi connectivity index (χ2n) is 7.88. The normalized spacial score (nSPS) is 16.9. The maximum absolute atomic E-state index is 13.2. The molecule has 190 valence electrons. The molecular weight excluding hydrogens is 452 g/mol. The van der Waals surface area contributed by atoms with E-state index in [-0.39, 0.29) is 24.7 Å². The number of para-hydroxylation sites is 2. The van der Waals surface area contributed by atoms with Gasteiger partial charge < -0.3 is 33.5 Å². The molecule has 2 aromatic rings. The Morgan fingerprint density at radius 3 is 1.83 bits per heavy atom. The second-order valence-corrected chi connectivity index (χ2v) is 7.88. The van der Waals surface area contributed by atoms with Crippen molar-refractivity contribution in [3.8, 4) is 17.2 Å². The van der Waals surface area contributed by atoms with Crippen molar-refractivity contribution in [2.75, 3.05) is 70.6 Å². The van der Waals surface area contributed by atoms with Gasteiger partial charge in [-0.05, 0) is 30.7 Å². The molecule has 35 heavy (non-hydrogen) atoms. The minimum absolute atomic E-state index is 0.0920. The van der Waals surface area contributed by atoms with E-state index in [1.54, 1.807) is 49.3 Å². The number of rotatable bonds is 5. The predicted molar refractivity (Wildman–Crippen MR) is 133 cm³/mol. The Bertz CT molecular complexity index is 982. The van der Waals surface area contributed by atoms with E-state index in [1.807, 2.05) is 24.3 Å². The van der Waals surface area contributed by atoms with Gasteiger partial charge in [-0.15, -0.1) is 0 Å². The molecule has 0 aliphatic carbocycles. The summed E-state index contributed by atoms with van der Waals surface area (Å²) in [6.45, 7) is 2.20. The molecule has 1 aliphatic rings. The maximum atomic E-state index is 13.2. The van der Waals surface area contributed by atoms with Crippen molar-refractivity contribution in [2.45, 2.75) is 19.3 Å². The van der Waals surface area contributed by atoms with Crippen LogP contribution in [-0.2, 0) is 19.1 Å². The third kappa shape index (κ3) is 7.10. The maximum Gasteiger partial charge on any atom is 0.227 e. The molecule has 0 radical (unpaired) electrons. The van der Waals surface area contributed by atoms with Crippen LogP contribution >= 0.6 is 0 Å². The van der Waals surface area contributed by atoms with Gasteiger partial charge in [0.15, 0.2) is 0 Å². The lowest BCUT2D eigenvalue weighted by atomic mass is 10.1. The zero-order valence-corrected chi connectivity index (χ0v) is 20.7. The van der Waals surface area contributed by atoms with Crippen molar-refractivity contribution in [3.63, 3.8) is 0 Å². The number of amides is 2. The largest absolute Gasteiger partial charge is 0.497 e. The summed E-state index contributed by atoms with van der Waals surface area (Å²) < 4.78 is 27.7. The molecule has 2 amide bonds. The van der Waals surface area contributed by atoms with E-state index >= 15 is 0 Å². The lowest BCUT2D eigenvalue weighted by Crippen LogP contribution is -2.35. The first kappa shape index (κ1) is 26.3. The summed E-state index contributed by atoms with van der Waals surface area (Å²) >= 11 is 0. The van der Waals surface area contributed by atoms with Gasteiger partial charge in [0.05, 0.1) is 59.1 Å². The van der Waals surface area contributed by atoms with Crippen molar-refractivity contribution in [3.05, 3.63) is 42.5 Å². The van der Waals surface area contributed by atoms with Crippen molar-refractivity contribution in [2.24, 2.45) is 0 Å². The summed E-state index contributed by atoms with van der Waals surface area (Å²) in [5.41, 5.74) is 1.31. The van der Waals surface area contributed by atoms with Crippen LogP contribution in [0.1, 0.15) is 19.3 Å². The molecule has 1 heterocycles. The Balaban J connectivity index is 1.79. The molecule has 0 spiro atoms. The Morgan fingerprint density at radius 2 is 1.26 bits per heavy atom. The van der Waals surface area contributed by atoms with E-state index in [4.69, 9.17) is 23.7 Å². The number of nitrogens with zero attached hydrogens (tertiary/aromatic N) is 2. The van der Waals surface area contributed by atoms with Crippen molar-refractivity contribution < 1.29 is 33.3 Å². The zero-order valence-electron chi connectivity index (χ0n) is 20.7. The van der Waals surface area contributed by atoms with Crippen LogP contribution in [0.5, 0.6) is 17.2 Å². The number of methoxy groups -OCH3 is 3. The monoisotopic (exact) mass is 486 g/mol. The van der Waals surface area contributed by atoms with E-state index in [1.165, 1.54) is 0 Å². The standard InChI is InChI=1S/C26H34N2O7/c1-31-20-11-12-22(24(19-20)33-3)28-14-16-35-18-17-34-15-13-27(25(29)9-6-10-26(28)30)21-7-4-5-8-23(21)32-2/h4-5,7-8,11-12,19H,6,9-10,13-18H2,1-3H3. The number of hydrogen-bond acceptors (Lipinski definition) is 7. The highest BCUT2D eigenvalue weighted by molar-refractivity contribution is 5.97. The lowest BCUT2D eigenvalue weighted by molar-refractivity contribution is -0.120. The Morgan fingerprint density at radius 1 is 0.686 bits per heavy atom. The van der Waals surface area contributed by atoms with Crippen molar-refractivity contribution in [1.82, 2.24) is 0 Å². The number of anilines is 2. The highest BCUT2D eigenvalue weighted by atomic mass is 16.5. The summed E-state index contributed by atoms with van der Waals surface area (Å²) in [5.74, 6) is 1.56. The van der Waals surface area contributed by atoms with Crippen molar-refractivity contribution in [1.29, 1.82) is 0 Å². The molecule has 3 rings (SSSR count). The highest BCUT2D eigenvalue weighted by Crippen LogP contribution is 2.33. The average molecular weight is 487 g/mol. The van der Waals surface area contributed by atoms with Gasteiger partial charge in [-0.1, -0.05) is 12.1 Å². The Kier molecular flexibility index (Phi) is 10.2. The van der Waals surface area contributed by atoms with Gasteiger partial charge in [-0.3, -0.25) is 9.59 Å². The summed E-state index contributed by atoms with van der Waals surface area (Å²) in [4.78, 5) is 29.7. The summed E-state index contributed by atoms with van der Waals surface area (Å²) in [5, 5.41) is 0. The van der Waals surface area contributed by atoms with Crippen LogP contribution in [-0.4, -0.2) is 72.7 Å². The van der Waals surface area contributed by atoms with Crippen LogP contribution in [0.4, 0.5) is 11.4 Å². The van der Waals surface area contributed by atoms with E-state index in [0.29, 0.717) is 74.6 Å². The van der Waals surface area contributed by atoms with Gasteiger partial charge in [-0.2, -0.15) is 0 Å². The van der Waals surface area contributed by atoms with Crippen molar-refractivity contribution >= 4 is 23.2 Å². The van der Waals surface area contributed by atoms with Crippen LogP contribution in [0.25, 0.3) is 0 Å². The fourth-order valence-electron chi connectivity index (χ4n) is 3.91. The topological polar surface area (TPSA) is 86.8 Å². The van der Waals surface area contributed by atoms with Gasteiger partial charge in [0.2, 0.25) is 11.8 Å². The van der Waals surface area contributed by atoms with E-state index in [9.17, 15) is 9.59 Å². The SMILES string of the molecule is COc1ccc(N2CCOCCOCCN(c3ccccc3OC)C(=O)CCCC2=O)c(OC)c1. The summed E-state index contributed by atoms with van der Waals surface area (Å²) in [6.07, 6.45) is 0.824. The fraction of sp³-hybridized carbons (Fsp3) is 0.462. The Hall–Kier alpha value is -3.30. The quantitative estimate of drug-likeness (QED) is 0.641. The molecule has 1 fully saturated rings. The molecule has 0 bridgehead atoms. The highest BCUT2D eigenvalue weighted by Gasteiger charge is 2.23. The molecule has 1 aliphatic heterocycles. The molecule has 1 saturated heterocycles. The third-order valence-electron chi connectivity index (χ3n) is 5.73. The number of hydrogen-bond donors (Lipinski definition) is 0. The Labute approximate surface area is 206 Å². The number of benzene rings is 2. The number of carbonyl (C=O) groups is 2. The van der Waals surface area contributed by atoms with Crippen LogP contribution in [0, 0.1) is 0 Å². The minimum Gasteiger partial charge on any atom is -0.497 e. The van der Waals surface area contributed by atoms with Crippen LogP contribution in [0.3, 0.4) is 0 Å². The first-order valence-corrected chi connectivity index (χ1v) is 11.7. The average Bonchev–Trinajstić information content (AvgIpc) is 2.89. The van der Waals surface area contributed by atoms with Gasteiger partial charge in [-0.25, -0.2) is 0 Å². The minimum atomic E-state index is -0.111. The van der Waals surface area contributed by atoms with Crippen LogP contribution in [0.2, 0.25) is 0 Å². The fourth-order valence-corrected chi connectivity index (χ4v) is 3.91. The predicted octanol–water partition coefficient (Wildman–Crippen LogP) is 3.30. The van der Waals surface area contributed by atoms with Gasteiger partial charge in [0.25, 0.3) is 0 Å². The molecule has 0 unspecified atom stereocenters. The molecule has 0 N–H and O–H groups in total. The molecule has 9 nitrogen and oxygen atoms in total. The van der Waals surface area contributed by atoms with E-state index in [2.05, 4.69) is 0 Å². The molecule has 0 aromatic heterocycles. The molecule has 9 heteroatoms. The number of carbonyl (C=O) groups excluding carboxylic acids is 2. The van der Waals surface area contributed by atoms with Gasteiger partial charge >= 0.3 is 0 Å². The summed E-state index contributed by atoms with van der Waals surface area (Å²) in [7, 11) is 4.70. The smallest absolute Gasteiger partial charge is 0.227 e. The van der Waals surface area contributed by atoms with Gasteiger partial charge in [0.1, 0.15) is 17.2 Å². The summed E-state index contributed by atoms with van der Waals surface area (Å²) in [6, 6.07) is 12.7. The second kappa shape index (κ2) is 13.6. The molecule has 2 aromatic carbocycles. The third-order valence-corrected chi connectivity index (χ3v) is 5.73. The van der Waals surface area contributed by atoms with E-state index < -0.39 is 0 Å². The number of ether oxygens (including phenoxy) is 5. The van der Waals surface area contributed by atoms with Crippen LogP contribution in [0.15, 0.2) is 42.5 Å². The molecule has 0 saturated carbocycles. The molecule has 0 atom stereocenters. The molecular formula is C26H34N2O7. The van der Waals surface area contributed by atoms with Crippen LogP contribution < -0.4 is 24.0 Å². The zero-order chi connectivity index (χ0) is 25.0. The van der Waals surface area contributed by atoms with Gasteiger partial charge in [0, 0.05) is 32.0 Å². The first-order valence-electron chi connectivity index (χ1n) is 11.7.